The molecule has 0 aliphatic rings. The Bertz CT molecular complexity index is 626. The van der Waals surface area contributed by atoms with Crippen molar-refractivity contribution in [3.8, 4) is 0 Å². The summed E-state index contributed by atoms with van der Waals surface area (Å²) in [5, 5.41) is 11.2. The Kier molecular flexibility index (Phi) is 4.39. The van der Waals surface area contributed by atoms with E-state index in [1.807, 2.05) is 49.1 Å². The van der Waals surface area contributed by atoms with E-state index in [0.717, 1.165) is 11.3 Å². The van der Waals surface area contributed by atoms with E-state index in [1.54, 1.807) is 6.07 Å². The molecule has 0 atom stereocenters. The zero-order valence-electron chi connectivity index (χ0n) is 11.3. The molecule has 0 radical (unpaired) electrons. The van der Waals surface area contributed by atoms with Crippen molar-refractivity contribution in [2.75, 3.05) is 11.4 Å². The van der Waals surface area contributed by atoms with Crippen molar-refractivity contribution >= 4 is 33.0 Å². The molecule has 0 unspecified atom stereocenters. The Morgan fingerprint density at radius 1 is 1.20 bits per heavy atom. The van der Waals surface area contributed by atoms with Gasteiger partial charge in [-0.15, -0.1) is 0 Å². The number of halogens is 1. The van der Waals surface area contributed by atoms with Gasteiger partial charge < -0.3 is 4.90 Å². The second-order valence-electron chi connectivity index (χ2n) is 4.47. The van der Waals surface area contributed by atoms with Crippen molar-refractivity contribution in [2.24, 2.45) is 0 Å². The third-order valence-electron chi connectivity index (χ3n) is 3.09. The van der Waals surface area contributed by atoms with Gasteiger partial charge in [-0.3, -0.25) is 10.1 Å². The van der Waals surface area contributed by atoms with Gasteiger partial charge in [-0.2, -0.15) is 0 Å². The fraction of sp³-hybridized carbons (Fsp3) is 0.200. The molecule has 4 nitrogen and oxygen atoms in total. The molecule has 2 aromatic carbocycles. The zero-order valence-corrected chi connectivity index (χ0v) is 12.9. The van der Waals surface area contributed by atoms with Crippen LogP contribution in [-0.2, 0) is 0 Å². The lowest BCUT2D eigenvalue weighted by atomic mass is 10.2. The highest BCUT2D eigenvalue weighted by atomic mass is 79.9. The summed E-state index contributed by atoms with van der Waals surface area (Å²) >= 11 is 3.28. The van der Waals surface area contributed by atoms with Crippen LogP contribution in [0.4, 0.5) is 17.1 Å². The molecule has 0 bridgehead atoms. The van der Waals surface area contributed by atoms with Crippen molar-refractivity contribution in [1.29, 1.82) is 0 Å². The highest BCUT2D eigenvalue weighted by molar-refractivity contribution is 9.10. The number of anilines is 2. The number of rotatable bonds is 4. The van der Waals surface area contributed by atoms with Gasteiger partial charge in [0.2, 0.25) is 0 Å². The number of benzene rings is 2. The summed E-state index contributed by atoms with van der Waals surface area (Å²) in [5.41, 5.74) is 2.81. The predicted octanol–water partition coefficient (Wildman–Crippen LogP) is 4.82. The average Bonchev–Trinajstić information content (AvgIpc) is 2.43. The van der Waals surface area contributed by atoms with Crippen molar-refractivity contribution in [1.82, 2.24) is 0 Å². The van der Waals surface area contributed by atoms with Gasteiger partial charge >= 0.3 is 0 Å². The van der Waals surface area contributed by atoms with Crippen LogP contribution in [0, 0.1) is 17.0 Å². The Hall–Kier alpha value is -1.88. The third-order valence-corrected chi connectivity index (χ3v) is 3.58. The molecular weight excluding hydrogens is 320 g/mol. The Morgan fingerprint density at radius 3 is 2.40 bits per heavy atom. The van der Waals surface area contributed by atoms with Crippen molar-refractivity contribution < 1.29 is 4.92 Å². The molecule has 0 amide bonds. The lowest BCUT2D eigenvalue weighted by molar-refractivity contribution is -0.384. The molecule has 20 heavy (non-hydrogen) atoms. The normalized spacial score (nSPS) is 10.3. The number of nitrogens with zero attached hydrogens (tertiary/aromatic N) is 2. The summed E-state index contributed by atoms with van der Waals surface area (Å²) in [7, 11) is 0. The molecule has 2 rings (SSSR count). The lowest BCUT2D eigenvalue weighted by Crippen LogP contribution is -2.17. The van der Waals surface area contributed by atoms with Crippen molar-refractivity contribution in [3.63, 3.8) is 0 Å². The first-order valence-electron chi connectivity index (χ1n) is 6.31. The number of aryl methyl sites for hydroxylation is 1. The Labute approximate surface area is 126 Å². The molecule has 5 heteroatoms. The van der Waals surface area contributed by atoms with E-state index in [4.69, 9.17) is 0 Å². The largest absolute Gasteiger partial charge is 0.336 e. The summed E-state index contributed by atoms with van der Waals surface area (Å²) in [6.07, 6.45) is 0. The van der Waals surface area contributed by atoms with E-state index in [-0.39, 0.29) is 10.6 Å². The Morgan fingerprint density at radius 2 is 1.85 bits per heavy atom. The Balaban J connectivity index is 2.51. The van der Waals surface area contributed by atoms with Crippen LogP contribution in [0.1, 0.15) is 12.5 Å². The van der Waals surface area contributed by atoms with Crippen LogP contribution in [0.15, 0.2) is 46.9 Å². The second kappa shape index (κ2) is 6.05. The fourth-order valence-electron chi connectivity index (χ4n) is 2.09. The minimum Gasteiger partial charge on any atom is -0.336 e. The number of hydrogen-bond acceptors (Lipinski definition) is 3. The molecule has 0 aliphatic heterocycles. The maximum absolute atomic E-state index is 11.2. The number of hydrogen-bond donors (Lipinski definition) is 0. The molecule has 0 fully saturated rings. The highest BCUT2D eigenvalue weighted by Crippen LogP contribution is 2.35. The maximum atomic E-state index is 11.2. The van der Waals surface area contributed by atoms with Crippen LogP contribution in [0.25, 0.3) is 0 Å². The molecule has 0 N–H and O–H groups in total. The van der Waals surface area contributed by atoms with Gasteiger partial charge in [0, 0.05) is 22.8 Å². The van der Waals surface area contributed by atoms with Gasteiger partial charge in [0.25, 0.3) is 5.69 Å². The van der Waals surface area contributed by atoms with Gasteiger partial charge in [-0.05, 0) is 38.1 Å². The van der Waals surface area contributed by atoms with E-state index in [2.05, 4.69) is 15.9 Å². The molecule has 0 saturated carbocycles. The lowest BCUT2D eigenvalue weighted by Gasteiger charge is -2.23. The standard InChI is InChI=1S/C15H15BrN2O2/c1-3-17(13-7-4-11(2)5-8-13)14-9-6-12(16)10-15(14)18(19)20/h4-10H,3H2,1-2H3. The molecular formula is C15H15BrN2O2. The van der Waals surface area contributed by atoms with E-state index in [9.17, 15) is 10.1 Å². The van der Waals surface area contributed by atoms with Crippen LogP contribution in [0.5, 0.6) is 0 Å². The smallest absolute Gasteiger partial charge is 0.294 e. The summed E-state index contributed by atoms with van der Waals surface area (Å²) in [5.74, 6) is 0. The molecule has 0 aliphatic carbocycles. The summed E-state index contributed by atoms with van der Waals surface area (Å²) in [6.45, 7) is 4.65. The van der Waals surface area contributed by atoms with Crippen molar-refractivity contribution in [2.45, 2.75) is 13.8 Å². The molecule has 0 saturated heterocycles. The van der Waals surface area contributed by atoms with E-state index in [0.29, 0.717) is 16.7 Å². The minimum atomic E-state index is -0.350. The van der Waals surface area contributed by atoms with E-state index >= 15 is 0 Å². The maximum Gasteiger partial charge on any atom is 0.294 e. The molecule has 0 heterocycles. The van der Waals surface area contributed by atoms with Crippen LogP contribution in [0.3, 0.4) is 0 Å². The van der Waals surface area contributed by atoms with Gasteiger partial charge in [0.05, 0.1) is 4.92 Å². The number of nitro benzene ring substituents is 1. The van der Waals surface area contributed by atoms with Gasteiger partial charge in [0.15, 0.2) is 0 Å². The van der Waals surface area contributed by atoms with Crippen LogP contribution >= 0.6 is 15.9 Å². The quantitative estimate of drug-likeness (QED) is 0.594. The van der Waals surface area contributed by atoms with Crippen LogP contribution in [0.2, 0.25) is 0 Å². The molecule has 104 valence electrons. The van der Waals surface area contributed by atoms with Gasteiger partial charge in [-0.25, -0.2) is 0 Å². The summed E-state index contributed by atoms with van der Waals surface area (Å²) in [4.78, 5) is 12.8. The first-order chi connectivity index (χ1) is 9.52. The summed E-state index contributed by atoms with van der Waals surface area (Å²) < 4.78 is 0.702. The molecule has 2 aromatic rings. The van der Waals surface area contributed by atoms with E-state index < -0.39 is 0 Å². The van der Waals surface area contributed by atoms with Gasteiger partial charge in [0.1, 0.15) is 5.69 Å². The predicted molar refractivity (Wildman–Crippen MR) is 84.7 cm³/mol. The van der Waals surface area contributed by atoms with Crippen molar-refractivity contribution in [3.05, 3.63) is 62.6 Å². The zero-order chi connectivity index (χ0) is 14.7. The highest BCUT2D eigenvalue weighted by Gasteiger charge is 2.20. The molecule has 0 spiro atoms. The van der Waals surface area contributed by atoms with E-state index in [1.165, 1.54) is 6.07 Å². The monoisotopic (exact) mass is 334 g/mol. The fourth-order valence-corrected chi connectivity index (χ4v) is 2.44. The number of nitro groups is 1. The average molecular weight is 335 g/mol. The molecule has 0 aromatic heterocycles. The minimum absolute atomic E-state index is 0.0989. The van der Waals surface area contributed by atoms with Crippen LogP contribution < -0.4 is 4.90 Å². The topological polar surface area (TPSA) is 46.4 Å². The summed E-state index contributed by atoms with van der Waals surface area (Å²) in [6, 6.07) is 13.1. The third kappa shape index (κ3) is 2.99. The van der Waals surface area contributed by atoms with Crippen LogP contribution in [-0.4, -0.2) is 11.5 Å². The second-order valence-corrected chi connectivity index (χ2v) is 5.39. The van der Waals surface area contributed by atoms with Gasteiger partial charge in [-0.1, -0.05) is 33.6 Å². The SMILES string of the molecule is CCN(c1ccc(C)cc1)c1ccc(Br)cc1[N+](=O)[O-]. The first-order valence-corrected chi connectivity index (χ1v) is 7.10. The first kappa shape index (κ1) is 14.5.